The van der Waals surface area contributed by atoms with Crippen molar-refractivity contribution in [3.05, 3.63) is 34.9 Å². The topological polar surface area (TPSA) is 55.1 Å². The minimum Gasteiger partial charge on any atom is -0.349 e. The molecule has 3 nitrogen and oxygen atoms in total. The normalized spacial score (nSPS) is 30.1. The first kappa shape index (κ1) is 19.6. The van der Waals surface area contributed by atoms with Gasteiger partial charge in [0.1, 0.15) is 0 Å². The number of amides is 1. The summed E-state index contributed by atoms with van der Waals surface area (Å²) in [6, 6.07) is 8.15. The zero-order valence-electron chi connectivity index (χ0n) is 14.2. The van der Waals surface area contributed by atoms with E-state index < -0.39 is 0 Å². The third-order valence-electron chi connectivity index (χ3n) is 5.78. The minimum atomic E-state index is 0. The zero-order chi connectivity index (χ0) is 16.4. The third kappa shape index (κ3) is 4.25. The van der Waals surface area contributed by atoms with Gasteiger partial charge in [-0.2, -0.15) is 0 Å². The first-order valence-electron chi connectivity index (χ1n) is 8.90. The van der Waals surface area contributed by atoms with Crippen LogP contribution in [0.2, 0.25) is 5.02 Å². The molecule has 134 valence electrons. The third-order valence-corrected chi connectivity index (χ3v) is 6.03. The van der Waals surface area contributed by atoms with Gasteiger partial charge in [0.2, 0.25) is 5.91 Å². The van der Waals surface area contributed by atoms with Crippen LogP contribution < -0.4 is 11.1 Å². The number of rotatable bonds is 4. The number of fused-ring (bicyclic) bond motifs is 2. The summed E-state index contributed by atoms with van der Waals surface area (Å²) in [6.45, 7) is 2.10. The van der Waals surface area contributed by atoms with Crippen LogP contribution in [0.5, 0.6) is 0 Å². The Balaban J connectivity index is 0.00000208. The van der Waals surface area contributed by atoms with Gasteiger partial charge in [-0.1, -0.05) is 37.1 Å². The average molecular weight is 371 g/mol. The molecule has 2 saturated carbocycles. The lowest BCUT2D eigenvalue weighted by atomic mass is 9.65. The van der Waals surface area contributed by atoms with Crippen LogP contribution in [0.1, 0.15) is 57.1 Å². The van der Waals surface area contributed by atoms with Gasteiger partial charge < -0.3 is 11.1 Å². The number of nitrogens with one attached hydrogen (secondary N) is 1. The lowest BCUT2D eigenvalue weighted by Gasteiger charge is -2.43. The van der Waals surface area contributed by atoms with Crippen LogP contribution in [0.3, 0.4) is 0 Å². The molecule has 2 aliphatic rings. The van der Waals surface area contributed by atoms with Gasteiger partial charge in [-0.05, 0) is 61.6 Å². The minimum absolute atomic E-state index is 0. The number of nitrogens with two attached hydrogens (primary N) is 1. The van der Waals surface area contributed by atoms with E-state index in [0.717, 1.165) is 29.8 Å². The molecule has 3 atom stereocenters. The molecule has 0 spiro atoms. The average Bonchev–Trinajstić information content (AvgIpc) is 2.53. The predicted molar refractivity (Wildman–Crippen MR) is 101 cm³/mol. The number of benzene rings is 1. The summed E-state index contributed by atoms with van der Waals surface area (Å²) in [5.41, 5.74) is 7.46. The summed E-state index contributed by atoms with van der Waals surface area (Å²) in [7, 11) is 0. The molecule has 1 aromatic rings. The molecule has 3 rings (SSSR count). The van der Waals surface area contributed by atoms with E-state index in [4.69, 9.17) is 17.3 Å². The summed E-state index contributed by atoms with van der Waals surface area (Å²) in [4.78, 5) is 12.8. The molecule has 3 N–H and O–H groups in total. The van der Waals surface area contributed by atoms with Crippen molar-refractivity contribution in [2.24, 2.45) is 23.5 Å². The maximum absolute atomic E-state index is 12.8. The fourth-order valence-corrected chi connectivity index (χ4v) is 4.53. The number of hydrogen-bond donors (Lipinski definition) is 2. The zero-order valence-corrected chi connectivity index (χ0v) is 15.8. The van der Waals surface area contributed by atoms with Crippen molar-refractivity contribution in [2.45, 2.75) is 57.5 Å². The second kappa shape index (κ2) is 8.55. The quantitative estimate of drug-likeness (QED) is 0.820. The molecule has 3 unspecified atom stereocenters. The first-order chi connectivity index (χ1) is 11.1. The molecule has 5 heteroatoms. The van der Waals surface area contributed by atoms with Crippen molar-refractivity contribution in [1.29, 1.82) is 0 Å². The molecule has 24 heavy (non-hydrogen) atoms. The van der Waals surface area contributed by atoms with Crippen molar-refractivity contribution in [3.8, 4) is 0 Å². The number of halogens is 2. The van der Waals surface area contributed by atoms with Crippen molar-refractivity contribution < 1.29 is 4.79 Å². The van der Waals surface area contributed by atoms with E-state index in [1.54, 1.807) is 0 Å². The standard InChI is InChI=1S/C19H27ClN2O.ClH/c1-2-17(12-6-8-16(20)9-7-12)22-19(23)15-10-13-4-3-5-14(11-15)18(13)21;/h6-9,13-15,17-18H,2-5,10-11,21H2,1H3,(H,22,23);1H. The smallest absolute Gasteiger partial charge is 0.223 e. The summed E-state index contributed by atoms with van der Waals surface area (Å²) in [5.74, 6) is 1.41. The van der Waals surface area contributed by atoms with E-state index >= 15 is 0 Å². The van der Waals surface area contributed by atoms with Crippen molar-refractivity contribution in [2.75, 3.05) is 0 Å². The Hall–Kier alpha value is -0.770. The van der Waals surface area contributed by atoms with Crippen LogP contribution in [-0.4, -0.2) is 11.9 Å². The van der Waals surface area contributed by atoms with Crippen LogP contribution in [-0.2, 0) is 4.79 Å². The van der Waals surface area contributed by atoms with Gasteiger partial charge in [-0.3, -0.25) is 4.79 Å². The molecular weight excluding hydrogens is 343 g/mol. The Morgan fingerprint density at radius 2 is 1.83 bits per heavy atom. The summed E-state index contributed by atoms with van der Waals surface area (Å²) >= 11 is 5.96. The first-order valence-corrected chi connectivity index (χ1v) is 9.27. The van der Waals surface area contributed by atoms with Crippen LogP contribution in [0.25, 0.3) is 0 Å². The Labute approximate surface area is 156 Å². The maximum atomic E-state index is 12.8. The SMILES string of the molecule is CCC(NC(=O)C1CC2CCCC(C1)C2N)c1ccc(Cl)cc1.Cl. The highest BCUT2D eigenvalue weighted by Gasteiger charge is 2.40. The molecule has 2 bridgehead atoms. The van der Waals surface area contributed by atoms with E-state index in [1.807, 2.05) is 24.3 Å². The highest BCUT2D eigenvalue weighted by molar-refractivity contribution is 6.30. The fourth-order valence-electron chi connectivity index (χ4n) is 4.41. The van der Waals surface area contributed by atoms with Gasteiger partial charge in [-0.25, -0.2) is 0 Å². The van der Waals surface area contributed by atoms with Crippen molar-refractivity contribution >= 4 is 29.9 Å². The summed E-state index contributed by atoms with van der Waals surface area (Å²) < 4.78 is 0. The van der Waals surface area contributed by atoms with Gasteiger partial charge in [0.05, 0.1) is 6.04 Å². The largest absolute Gasteiger partial charge is 0.349 e. The van der Waals surface area contributed by atoms with Gasteiger partial charge in [0, 0.05) is 17.0 Å². The van der Waals surface area contributed by atoms with Crippen LogP contribution in [0, 0.1) is 17.8 Å². The molecule has 1 aromatic carbocycles. The lowest BCUT2D eigenvalue weighted by molar-refractivity contribution is -0.128. The Kier molecular flexibility index (Phi) is 6.97. The lowest BCUT2D eigenvalue weighted by Crippen LogP contribution is -2.49. The van der Waals surface area contributed by atoms with E-state index in [0.29, 0.717) is 17.9 Å². The van der Waals surface area contributed by atoms with Crippen LogP contribution in [0.15, 0.2) is 24.3 Å². The molecule has 0 saturated heterocycles. The van der Waals surface area contributed by atoms with Gasteiger partial charge in [0.25, 0.3) is 0 Å². The molecule has 0 aliphatic heterocycles. The van der Waals surface area contributed by atoms with E-state index in [1.165, 1.54) is 19.3 Å². The molecule has 2 fully saturated rings. The molecule has 0 radical (unpaired) electrons. The predicted octanol–water partition coefficient (Wildman–Crippen LogP) is 4.48. The monoisotopic (exact) mass is 370 g/mol. The van der Waals surface area contributed by atoms with E-state index in [2.05, 4.69) is 12.2 Å². The molecule has 0 heterocycles. The van der Waals surface area contributed by atoms with Gasteiger partial charge >= 0.3 is 0 Å². The van der Waals surface area contributed by atoms with Gasteiger partial charge in [0.15, 0.2) is 0 Å². The Bertz CT molecular complexity index is 535. The molecular formula is C19H28Cl2N2O. The summed E-state index contributed by atoms with van der Waals surface area (Å²) in [6.07, 6.45) is 6.46. The van der Waals surface area contributed by atoms with Crippen LogP contribution >= 0.6 is 24.0 Å². The maximum Gasteiger partial charge on any atom is 0.223 e. The molecule has 1 amide bonds. The number of carbonyl (C=O) groups is 1. The fraction of sp³-hybridized carbons (Fsp3) is 0.632. The highest BCUT2D eigenvalue weighted by Crippen LogP contribution is 2.42. The van der Waals surface area contributed by atoms with Gasteiger partial charge in [-0.15, -0.1) is 12.4 Å². The van der Waals surface area contributed by atoms with Crippen molar-refractivity contribution in [1.82, 2.24) is 5.32 Å². The highest BCUT2D eigenvalue weighted by atomic mass is 35.5. The molecule has 2 aliphatic carbocycles. The second-order valence-electron chi connectivity index (χ2n) is 7.22. The number of carbonyl (C=O) groups excluding carboxylic acids is 1. The van der Waals surface area contributed by atoms with E-state index in [-0.39, 0.29) is 30.3 Å². The second-order valence-corrected chi connectivity index (χ2v) is 7.65. The van der Waals surface area contributed by atoms with E-state index in [9.17, 15) is 4.79 Å². The number of hydrogen-bond acceptors (Lipinski definition) is 2. The van der Waals surface area contributed by atoms with Crippen LogP contribution in [0.4, 0.5) is 0 Å². The Morgan fingerprint density at radius 3 is 2.38 bits per heavy atom. The summed E-state index contributed by atoms with van der Waals surface area (Å²) in [5, 5.41) is 3.98. The van der Waals surface area contributed by atoms with Crippen molar-refractivity contribution in [3.63, 3.8) is 0 Å². The Morgan fingerprint density at radius 1 is 1.25 bits per heavy atom. The molecule has 0 aromatic heterocycles.